The minimum atomic E-state index is 0.150. The zero-order valence-electron chi connectivity index (χ0n) is 10.6. The second-order valence-corrected chi connectivity index (χ2v) is 4.25. The van der Waals surface area contributed by atoms with E-state index < -0.39 is 0 Å². The van der Waals surface area contributed by atoms with Crippen molar-refractivity contribution in [3.8, 4) is 11.8 Å². The summed E-state index contributed by atoms with van der Waals surface area (Å²) in [6.07, 6.45) is 1.78. The molecule has 1 atom stereocenters. The van der Waals surface area contributed by atoms with Crippen LogP contribution >= 0.6 is 0 Å². The van der Waals surface area contributed by atoms with Crippen LogP contribution in [0.3, 0.4) is 0 Å². The van der Waals surface area contributed by atoms with Crippen molar-refractivity contribution < 1.29 is 0 Å². The molecule has 2 heteroatoms. The van der Waals surface area contributed by atoms with Gasteiger partial charge < -0.3 is 0 Å². The molecule has 0 saturated heterocycles. The Hall–Kier alpha value is -1.82. The van der Waals surface area contributed by atoms with Crippen LogP contribution in [0, 0.1) is 11.8 Å². The molecule has 3 N–H and O–H groups in total. The minimum Gasteiger partial charge on any atom is -0.271 e. The van der Waals surface area contributed by atoms with E-state index >= 15 is 0 Å². The lowest BCUT2D eigenvalue weighted by molar-refractivity contribution is 0.527. The normalized spacial score (nSPS) is 11.9. The van der Waals surface area contributed by atoms with Crippen LogP contribution in [0.4, 0.5) is 0 Å². The molecule has 0 bridgehead atoms. The molecule has 0 aliphatic rings. The number of nitrogens with two attached hydrogens (primary N) is 1. The maximum absolute atomic E-state index is 5.68. The summed E-state index contributed by atoms with van der Waals surface area (Å²) in [5.41, 5.74) is 4.15. The molecule has 0 saturated carbocycles. The second-order valence-electron chi connectivity index (χ2n) is 4.25. The third kappa shape index (κ3) is 2.70. The van der Waals surface area contributed by atoms with Gasteiger partial charge in [-0.3, -0.25) is 11.3 Å². The summed E-state index contributed by atoms with van der Waals surface area (Å²) >= 11 is 0. The Morgan fingerprint density at radius 1 is 1.17 bits per heavy atom. The van der Waals surface area contributed by atoms with Gasteiger partial charge in [-0.2, -0.15) is 0 Å². The van der Waals surface area contributed by atoms with Gasteiger partial charge in [0, 0.05) is 12.5 Å². The number of rotatable bonds is 4. The summed E-state index contributed by atoms with van der Waals surface area (Å²) in [5, 5.41) is 2.50. The van der Waals surface area contributed by atoms with Gasteiger partial charge in [-0.1, -0.05) is 42.5 Å². The largest absolute Gasteiger partial charge is 0.271 e. The van der Waals surface area contributed by atoms with Gasteiger partial charge in [0.15, 0.2) is 0 Å². The van der Waals surface area contributed by atoms with Gasteiger partial charge in [-0.05, 0) is 29.7 Å². The molecular weight excluding hydrogens is 220 g/mol. The minimum absolute atomic E-state index is 0.150. The summed E-state index contributed by atoms with van der Waals surface area (Å²) in [6.45, 7) is 1.86. The first-order valence-corrected chi connectivity index (χ1v) is 6.20. The number of fused-ring (bicyclic) bond motifs is 1. The van der Waals surface area contributed by atoms with Crippen LogP contribution in [0.2, 0.25) is 0 Å². The molecule has 1 unspecified atom stereocenters. The van der Waals surface area contributed by atoms with Crippen molar-refractivity contribution in [2.24, 2.45) is 5.84 Å². The molecule has 0 aliphatic heterocycles. The predicted octanol–water partition coefficient (Wildman–Crippen LogP) is 3.15. The Labute approximate surface area is 108 Å². The maximum atomic E-state index is 5.68. The quantitative estimate of drug-likeness (QED) is 0.488. The van der Waals surface area contributed by atoms with Crippen LogP contribution in [0.15, 0.2) is 42.5 Å². The van der Waals surface area contributed by atoms with Crippen molar-refractivity contribution in [3.05, 3.63) is 48.0 Å². The zero-order valence-corrected chi connectivity index (χ0v) is 10.6. The summed E-state index contributed by atoms with van der Waals surface area (Å²) in [6, 6.07) is 14.9. The third-order valence-corrected chi connectivity index (χ3v) is 3.13. The molecule has 2 aromatic carbocycles. The SMILES string of the molecule is CC#CCCC(NN)c1cccc2ccccc12. The van der Waals surface area contributed by atoms with Gasteiger partial charge in [0.1, 0.15) is 0 Å². The van der Waals surface area contributed by atoms with Crippen LogP contribution in [-0.4, -0.2) is 0 Å². The van der Waals surface area contributed by atoms with E-state index in [-0.39, 0.29) is 6.04 Å². The fraction of sp³-hybridized carbons (Fsp3) is 0.250. The Morgan fingerprint density at radius 3 is 2.72 bits per heavy atom. The Kier molecular flexibility index (Phi) is 4.35. The fourth-order valence-electron chi connectivity index (χ4n) is 2.22. The number of hydrogen-bond donors (Lipinski definition) is 2. The molecule has 0 aromatic heterocycles. The van der Waals surface area contributed by atoms with E-state index in [0.29, 0.717) is 0 Å². The molecule has 0 heterocycles. The highest BCUT2D eigenvalue weighted by molar-refractivity contribution is 5.86. The highest BCUT2D eigenvalue weighted by Gasteiger charge is 2.11. The predicted molar refractivity (Wildman–Crippen MR) is 76.7 cm³/mol. The van der Waals surface area contributed by atoms with Gasteiger partial charge >= 0.3 is 0 Å². The van der Waals surface area contributed by atoms with E-state index in [9.17, 15) is 0 Å². The molecule has 0 spiro atoms. The van der Waals surface area contributed by atoms with Gasteiger partial charge in [0.2, 0.25) is 0 Å². The molecule has 18 heavy (non-hydrogen) atoms. The monoisotopic (exact) mass is 238 g/mol. The van der Waals surface area contributed by atoms with Crippen molar-refractivity contribution in [1.29, 1.82) is 0 Å². The lowest BCUT2D eigenvalue weighted by Gasteiger charge is -2.17. The molecule has 0 fully saturated rings. The van der Waals surface area contributed by atoms with Crippen LogP contribution in [-0.2, 0) is 0 Å². The van der Waals surface area contributed by atoms with Crippen molar-refractivity contribution in [1.82, 2.24) is 5.43 Å². The van der Waals surface area contributed by atoms with Gasteiger partial charge in [0.25, 0.3) is 0 Å². The van der Waals surface area contributed by atoms with E-state index in [0.717, 1.165) is 12.8 Å². The fourth-order valence-corrected chi connectivity index (χ4v) is 2.22. The molecular formula is C16H18N2. The van der Waals surface area contributed by atoms with E-state index in [4.69, 9.17) is 5.84 Å². The lowest BCUT2D eigenvalue weighted by atomic mass is 9.96. The number of nitrogens with one attached hydrogen (secondary N) is 1. The highest BCUT2D eigenvalue weighted by Crippen LogP contribution is 2.26. The van der Waals surface area contributed by atoms with E-state index in [1.165, 1.54) is 16.3 Å². The molecule has 2 rings (SSSR count). The van der Waals surface area contributed by atoms with Gasteiger partial charge in [0.05, 0.1) is 0 Å². The molecule has 0 amide bonds. The summed E-state index contributed by atoms with van der Waals surface area (Å²) in [7, 11) is 0. The highest BCUT2D eigenvalue weighted by atomic mass is 15.2. The van der Waals surface area contributed by atoms with E-state index in [1.807, 2.05) is 6.92 Å². The molecule has 0 radical (unpaired) electrons. The third-order valence-electron chi connectivity index (χ3n) is 3.13. The Bertz CT molecular complexity index is 573. The van der Waals surface area contributed by atoms with E-state index in [1.54, 1.807) is 0 Å². The molecule has 2 nitrogen and oxygen atoms in total. The summed E-state index contributed by atoms with van der Waals surface area (Å²) < 4.78 is 0. The topological polar surface area (TPSA) is 38.0 Å². The zero-order chi connectivity index (χ0) is 12.8. The molecule has 0 aliphatic carbocycles. The lowest BCUT2D eigenvalue weighted by Crippen LogP contribution is -2.28. The number of hydrogen-bond acceptors (Lipinski definition) is 2. The maximum Gasteiger partial charge on any atom is 0.0475 e. The second kappa shape index (κ2) is 6.20. The van der Waals surface area contributed by atoms with Crippen LogP contribution < -0.4 is 11.3 Å². The number of hydrazine groups is 1. The average molecular weight is 238 g/mol. The first-order chi connectivity index (χ1) is 8.86. The Balaban J connectivity index is 2.34. The first kappa shape index (κ1) is 12.6. The van der Waals surface area contributed by atoms with Crippen molar-refractivity contribution in [2.75, 3.05) is 0 Å². The smallest absolute Gasteiger partial charge is 0.0475 e. The van der Waals surface area contributed by atoms with Crippen LogP contribution in [0.25, 0.3) is 10.8 Å². The average Bonchev–Trinajstić information content (AvgIpc) is 2.43. The summed E-state index contributed by atoms with van der Waals surface area (Å²) in [4.78, 5) is 0. The first-order valence-electron chi connectivity index (χ1n) is 6.20. The van der Waals surface area contributed by atoms with Crippen molar-refractivity contribution in [3.63, 3.8) is 0 Å². The van der Waals surface area contributed by atoms with Gasteiger partial charge in [-0.15, -0.1) is 11.8 Å². The molecule has 2 aromatic rings. The number of benzene rings is 2. The summed E-state index contributed by atoms with van der Waals surface area (Å²) in [5.74, 6) is 11.7. The molecule has 92 valence electrons. The van der Waals surface area contributed by atoms with Gasteiger partial charge in [-0.25, -0.2) is 0 Å². The Morgan fingerprint density at radius 2 is 1.94 bits per heavy atom. The van der Waals surface area contributed by atoms with Crippen LogP contribution in [0.1, 0.15) is 31.4 Å². The van der Waals surface area contributed by atoms with E-state index in [2.05, 4.69) is 59.7 Å². The van der Waals surface area contributed by atoms with Crippen molar-refractivity contribution in [2.45, 2.75) is 25.8 Å². The standard InChI is InChI=1S/C16H18N2/c1-2-3-4-12-16(18-17)15-11-7-9-13-8-5-6-10-14(13)15/h5-11,16,18H,4,12,17H2,1H3. The van der Waals surface area contributed by atoms with Crippen molar-refractivity contribution >= 4 is 10.8 Å². The van der Waals surface area contributed by atoms with Crippen LogP contribution in [0.5, 0.6) is 0 Å².